The molecule has 1 heterocycles. The van der Waals surface area contributed by atoms with Crippen LogP contribution in [0.25, 0.3) is 22.0 Å². The van der Waals surface area contributed by atoms with Crippen molar-refractivity contribution in [2.75, 3.05) is 7.11 Å². The summed E-state index contributed by atoms with van der Waals surface area (Å²) in [6.45, 7) is 0.477. The predicted octanol–water partition coefficient (Wildman–Crippen LogP) is 5.58. The van der Waals surface area contributed by atoms with Gasteiger partial charge in [0.15, 0.2) is 0 Å². The summed E-state index contributed by atoms with van der Waals surface area (Å²) in [5.74, 6) is 1.13. The van der Waals surface area contributed by atoms with Gasteiger partial charge in [-0.25, -0.2) is 5.43 Å². The van der Waals surface area contributed by atoms with Gasteiger partial charge in [0.05, 0.1) is 19.0 Å². The van der Waals surface area contributed by atoms with Gasteiger partial charge in [0.1, 0.15) is 23.8 Å². The highest BCUT2D eigenvalue weighted by atomic mass is 16.5. The molecule has 4 aromatic carbocycles. The molecule has 1 amide bonds. The van der Waals surface area contributed by atoms with Crippen LogP contribution < -0.4 is 14.9 Å². The molecule has 178 valence electrons. The van der Waals surface area contributed by atoms with E-state index in [9.17, 15) is 4.79 Å². The molecule has 0 atom stereocenters. The van der Waals surface area contributed by atoms with E-state index in [-0.39, 0.29) is 5.91 Å². The topological polar surface area (TPSA) is 88.6 Å². The number of nitrogens with one attached hydrogen (secondary N) is 2. The third kappa shape index (κ3) is 5.26. The number of aromatic amines is 1. The van der Waals surface area contributed by atoms with Crippen molar-refractivity contribution in [1.29, 1.82) is 0 Å². The zero-order valence-electron chi connectivity index (χ0n) is 19.6. The molecule has 0 bridgehead atoms. The van der Waals surface area contributed by atoms with Gasteiger partial charge in [0.2, 0.25) is 0 Å². The van der Waals surface area contributed by atoms with Crippen LogP contribution in [0.3, 0.4) is 0 Å². The molecule has 0 saturated heterocycles. The Bertz CT molecular complexity index is 1500. The van der Waals surface area contributed by atoms with Crippen LogP contribution in [0, 0.1) is 0 Å². The van der Waals surface area contributed by atoms with Crippen LogP contribution in [-0.2, 0) is 6.61 Å². The van der Waals surface area contributed by atoms with Crippen LogP contribution in [-0.4, -0.2) is 29.4 Å². The Labute approximate surface area is 208 Å². The van der Waals surface area contributed by atoms with Crippen LogP contribution in [0.5, 0.6) is 11.5 Å². The van der Waals surface area contributed by atoms with Gasteiger partial charge >= 0.3 is 0 Å². The number of carbonyl (C=O) groups excluding carboxylic acids is 1. The van der Waals surface area contributed by atoms with Gasteiger partial charge in [-0.15, -0.1) is 0 Å². The molecular formula is C29H24N4O3. The second-order valence-corrected chi connectivity index (χ2v) is 8.09. The molecule has 36 heavy (non-hydrogen) atoms. The molecule has 0 aliphatic rings. The van der Waals surface area contributed by atoms with E-state index in [1.807, 2.05) is 66.7 Å². The van der Waals surface area contributed by atoms with Gasteiger partial charge in [-0.1, -0.05) is 42.5 Å². The van der Waals surface area contributed by atoms with E-state index < -0.39 is 0 Å². The van der Waals surface area contributed by atoms with E-state index in [2.05, 4.69) is 45.0 Å². The number of rotatable bonds is 8. The summed E-state index contributed by atoms with van der Waals surface area (Å²) in [6, 6.07) is 31.1. The maximum Gasteiger partial charge on any atom is 0.289 e. The lowest BCUT2D eigenvalue weighted by atomic mass is 10.1. The SMILES string of the molecule is COc1ccc(/C=N/NC(=O)c2cc(-c3ccc(OCc4cccc5ccccc45)cc3)n[nH]2)cc1. The molecule has 7 nitrogen and oxygen atoms in total. The molecule has 0 spiro atoms. The van der Waals surface area contributed by atoms with E-state index >= 15 is 0 Å². The van der Waals surface area contributed by atoms with Crippen LogP contribution in [0.15, 0.2) is 102 Å². The fourth-order valence-corrected chi connectivity index (χ4v) is 3.80. The van der Waals surface area contributed by atoms with Crippen molar-refractivity contribution >= 4 is 22.9 Å². The molecule has 2 N–H and O–H groups in total. The first-order valence-corrected chi connectivity index (χ1v) is 11.4. The van der Waals surface area contributed by atoms with Crippen molar-refractivity contribution in [2.24, 2.45) is 5.10 Å². The third-order valence-corrected chi connectivity index (χ3v) is 5.74. The molecule has 0 aliphatic heterocycles. The average molecular weight is 477 g/mol. The van der Waals surface area contributed by atoms with Gasteiger partial charge in [-0.05, 0) is 76.5 Å². The summed E-state index contributed by atoms with van der Waals surface area (Å²) in [4.78, 5) is 12.4. The molecule has 0 radical (unpaired) electrons. The maximum absolute atomic E-state index is 12.4. The number of hydrogen-bond acceptors (Lipinski definition) is 5. The first kappa shape index (κ1) is 22.9. The van der Waals surface area contributed by atoms with Crippen molar-refractivity contribution in [1.82, 2.24) is 15.6 Å². The number of aromatic nitrogens is 2. The number of H-pyrrole nitrogens is 1. The quantitative estimate of drug-likeness (QED) is 0.226. The minimum absolute atomic E-state index is 0.313. The average Bonchev–Trinajstić information content (AvgIpc) is 3.43. The minimum Gasteiger partial charge on any atom is -0.497 e. The van der Waals surface area contributed by atoms with Gasteiger partial charge < -0.3 is 9.47 Å². The minimum atomic E-state index is -0.381. The number of nitrogens with zero attached hydrogens (tertiary/aromatic N) is 2. The van der Waals surface area contributed by atoms with E-state index in [1.165, 1.54) is 10.8 Å². The second-order valence-electron chi connectivity index (χ2n) is 8.09. The molecular weight excluding hydrogens is 452 g/mol. The van der Waals surface area contributed by atoms with Gasteiger partial charge in [0, 0.05) is 5.56 Å². The summed E-state index contributed by atoms with van der Waals surface area (Å²) in [6.07, 6.45) is 1.56. The zero-order chi connectivity index (χ0) is 24.7. The lowest BCUT2D eigenvalue weighted by molar-refractivity contribution is 0.0950. The van der Waals surface area contributed by atoms with Crippen molar-refractivity contribution in [3.8, 4) is 22.8 Å². The molecule has 0 aliphatic carbocycles. The summed E-state index contributed by atoms with van der Waals surface area (Å²) < 4.78 is 11.1. The Morgan fingerprint density at radius 3 is 2.50 bits per heavy atom. The monoisotopic (exact) mass is 476 g/mol. The highest BCUT2D eigenvalue weighted by Crippen LogP contribution is 2.24. The number of carbonyl (C=O) groups is 1. The molecule has 5 aromatic rings. The predicted molar refractivity (Wildman–Crippen MR) is 140 cm³/mol. The van der Waals surface area contributed by atoms with Crippen molar-refractivity contribution in [3.63, 3.8) is 0 Å². The van der Waals surface area contributed by atoms with Crippen LogP contribution in [0.1, 0.15) is 21.6 Å². The number of methoxy groups -OCH3 is 1. The van der Waals surface area contributed by atoms with Crippen molar-refractivity contribution < 1.29 is 14.3 Å². The van der Waals surface area contributed by atoms with Crippen LogP contribution >= 0.6 is 0 Å². The van der Waals surface area contributed by atoms with Gasteiger partial charge in [0.25, 0.3) is 5.91 Å². The standard InChI is InChI=1S/C29H24N4O3/c1-35-24-13-9-20(10-14-24)18-30-33-29(34)28-17-27(31-32-28)22-11-15-25(16-12-22)36-19-23-7-4-6-21-5-2-3-8-26(21)23/h2-18H,19H2,1H3,(H,31,32)(H,33,34)/b30-18+. The van der Waals surface area contributed by atoms with Crippen LogP contribution in [0.2, 0.25) is 0 Å². The maximum atomic E-state index is 12.4. The first-order chi connectivity index (χ1) is 17.7. The first-order valence-electron chi connectivity index (χ1n) is 11.4. The third-order valence-electron chi connectivity index (χ3n) is 5.74. The summed E-state index contributed by atoms with van der Waals surface area (Å²) in [5.41, 5.74) is 6.31. The zero-order valence-corrected chi connectivity index (χ0v) is 19.6. The Balaban J connectivity index is 1.19. The van der Waals surface area contributed by atoms with Crippen molar-refractivity contribution in [2.45, 2.75) is 6.61 Å². The fourth-order valence-electron chi connectivity index (χ4n) is 3.80. The lowest BCUT2D eigenvalue weighted by Gasteiger charge is -2.09. The summed E-state index contributed by atoms with van der Waals surface area (Å²) in [7, 11) is 1.61. The van der Waals surface area contributed by atoms with E-state index in [0.29, 0.717) is 18.0 Å². The highest BCUT2D eigenvalue weighted by molar-refractivity contribution is 5.94. The lowest BCUT2D eigenvalue weighted by Crippen LogP contribution is -2.17. The molecule has 0 saturated carbocycles. The molecule has 1 aromatic heterocycles. The molecule has 7 heteroatoms. The normalized spacial score (nSPS) is 11.0. The largest absolute Gasteiger partial charge is 0.497 e. The number of hydrogen-bond donors (Lipinski definition) is 2. The Kier molecular flexibility index (Phi) is 6.71. The number of benzene rings is 4. The number of ether oxygens (including phenoxy) is 2. The number of amides is 1. The Morgan fingerprint density at radius 2 is 1.69 bits per heavy atom. The number of fused-ring (bicyclic) bond motifs is 1. The highest BCUT2D eigenvalue weighted by Gasteiger charge is 2.11. The Hall–Kier alpha value is -4.91. The van der Waals surface area contributed by atoms with E-state index in [0.717, 1.165) is 28.2 Å². The molecule has 5 rings (SSSR count). The van der Waals surface area contributed by atoms with Crippen molar-refractivity contribution in [3.05, 3.63) is 114 Å². The fraction of sp³-hybridized carbons (Fsp3) is 0.0690. The smallest absolute Gasteiger partial charge is 0.289 e. The van der Waals surface area contributed by atoms with E-state index in [1.54, 1.807) is 19.4 Å². The van der Waals surface area contributed by atoms with E-state index in [4.69, 9.17) is 9.47 Å². The number of hydrazone groups is 1. The second kappa shape index (κ2) is 10.6. The van der Waals surface area contributed by atoms with Gasteiger partial charge in [-0.2, -0.15) is 10.2 Å². The summed E-state index contributed by atoms with van der Waals surface area (Å²) in [5, 5.41) is 13.4. The molecule has 0 fully saturated rings. The molecule has 0 unspecified atom stereocenters. The summed E-state index contributed by atoms with van der Waals surface area (Å²) >= 11 is 0. The van der Waals surface area contributed by atoms with Crippen LogP contribution in [0.4, 0.5) is 0 Å². The Morgan fingerprint density at radius 1 is 0.944 bits per heavy atom. The van der Waals surface area contributed by atoms with Gasteiger partial charge in [-0.3, -0.25) is 9.89 Å².